The van der Waals surface area contributed by atoms with Crippen molar-refractivity contribution in [2.75, 3.05) is 18.1 Å². The average molecular weight is 385 g/mol. The number of nitrogens with one attached hydrogen (secondary N) is 1. The summed E-state index contributed by atoms with van der Waals surface area (Å²) in [5.41, 5.74) is 1.48. The third kappa shape index (κ3) is 5.06. The van der Waals surface area contributed by atoms with Crippen molar-refractivity contribution in [2.24, 2.45) is 0 Å². The van der Waals surface area contributed by atoms with Gasteiger partial charge in [-0.2, -0.15) is 0 Å². The predicted octanol–water partition coefficient (Wildman–Crippen LogP) is 1.97. The number of nitrogens with two attached hydrogens (primary N) is 1. The minimum absolute atomic E-state index is 0.144. The molecule has 0 fully saturated rings. The molecule has 7 heteroatoms. The molecule has 1 heterocycles. The molecule has 27 heavy (non-hydrogen) atoms. The van der Waals surface area contributed by atoms with E-state index in [0.29, 0.717) is 5.69 Å². The maximum atomic E-state index is 12.4. The highest BCUT2D eigenvalue weighted by Gasteiger charge is 2.21. The van der Waals surface area contributed by atoms with E-state index in [1.165, 1.54) is 12.1 Å². The molecule has 6 nitrogen and oxygen atoms in total. The molecule has 1 amide bonds. The van der Waals surface area contributed by atoms with Crippen molar-refractivity contribution in [3.05, 3.63) is 84.3 Å². The molecule has 0 saturated heterocycles. The van der Waals surface area contributed by atoms with Gasteiger partial charge in [0.15, 0.2) is 28.2 Å². The van der Waals surface area contributed by atoms with Gasteiger partial charge in [-0.05, 0) is 30.3 Å². The summed E-state index contributed by atoms with van der Waals surface area (Å²) >= 11 is 0. The van der Waals surface area contributed by atoms with Gasteiger partial charge in [0, 0.05) is 17.5 Å². The van der Waals surface area contributed by atoms with Crippen molar-refractivity contribution in [3.8, 4) is 0 Å². The molecule has 0 aliphatic rings. The second-order valence-electron chi connectivity index (χ2n) is 6.19. The Morgan fingerprint density at radius 1 is 1.07 bits per heavy atom. The number of hydrogen-bond acceptors (Lipinski definition) is 4. The van der Waals surface area contributed by atoms with E-state index in [9.17, 15) is 13.2 Å². The molecule has 3 aromatic rings. The van der Waals surface area contributed by atoms with Crippen LogP contribution in [0.3, 0.4) is 0 Å². The number of furan rings is 1. The molecule has 0 aliphatic carbocycles. The third-order valence-corrected chi connectivity index (χ3v) is 5.20. The predicted molar refractivity (Wildman–Crippen MR) is 102 cm³/mol. The largest absolute Gasteiger partial charge is 0.463 e. The van der Waals surface area contributed by atoms with E-state index in [2.05, 4.69) is 5.32 Å². The third-order valence-electron chi connectivity index (χ3n) is 4.09. The van der Waals surface area contributed by atoms with Crippen LogP contribution in [0.15, 0.2) is 82.3 Å². The molecule has 2 aromatic carbocycles. The Morgan fingerprint density at radius 2 is 1.85 bits per heavy atom. The van der Waals surface area contributed by atoms with E-state index in [1.54, 1.807) is 18.4 Å². The van der Waals surface area contributed by atoms with Crippen molar-refractivity contribution in [2.45, 2.75) is 10.9 Å². The maximum Gasteiger partial charge on any atom is 0.279 e. The molecule has 0 aliphatic heterocycles. The smallest absolute Gasteiger partial charge is 0.279 e. The van der Waals surface area contributed by atoms with Crippen molar-refractivity contribution < 1.29 is 22.9 Å². The summed E-state index contributed by atoms with van der Waals surface area (Å²) in [6, 6.07) is 19.5. The molecule has 0 unspecified atom stereocenters. The standard InChI is InChI=1S/C20H20N2O4S/c1-27(24,25)17-10-5-9-16(13-17)22-19(23)14-21-20(18-11-6-12-26-18)15-7-3-2-4-8-15/h2-13,20-21H,14H2,1H3,(H,22,23)/p+1/t20-/m0/s1. The monoisotopic (exact) mass is 385 g/mol. The Morgan fingerprint density at radius 3 is 2.52 bits per heavy atom. The fraction of sp³-hybridized carbons (Fsp3) is 0.150. The summed E-state index contributed by atoms with van der Waals surface area (Å²) < 4.78 is 28.8. The Bertz CT molecular complexity index is 999. The molecule has 3 N–H and O–H groups in total. The van der Waals surface area contributed by atoms with E-state index in [1.807, 2.05) is 47.8 Å². The zero-order valence-electron chi connectivity index (χ0n) is 14.8. The number of quaternary nitrogens is 1. The van der Waals surface area contributed by atoms with Gasteiger partial charge in [0.2, 0.25) is 0 Å². The SMILES string of the molecule is CS(=O)(=O)c1cccc(NC(=O)C[NH2+][C@@H](c2ccccc2)c2ccco2)c1. The summed E-state index contributed by atoms with van der Waals surface area (Å²) in [5.74, 6) is 0.529. The molecule has 1 aromatic heterocycles. The first kappa shape index (κ1) is 18.9. The highest BCUT2D eigenvalue weighted by molar-refractivity contribution is 7.90. The van der Waals surface area contributed by atoms with E-state index >= 15 is 0 Å². The number of carbonyl (C=O) groups is 1. The van der Waals surface area contributed by atoms with Crippen molar-refractivity contribution in [3.63, 3.8) is 0 Å². The lowest BCUT2D eigenvalue weighted by molar-refractivity contribution is -0.678. The number of anilines is 1. The first-order valence-electron chi connectivity index (χ1n) is 8.45. The van der Waals surface area contributed by atoms with Crippen LogP contribution in [0.5, 0.6) is 0 Å². The molecule has 1 atom stereocenters. The van der Waals surface area contributed by atoms with Gasteiger partial charge in [-0.3, -0.25) is 4.79 Å². The summed E-state index contributed by atoms with van der Waals surface area (Å²) in [5, 5.41) is 4.62. The lowest BCUT2D eigenvalue weighted by atomic mass is 10.0. The zero-order valence-corrected chi connectivity index (χ0v) is 15.6. The maximum absolute atomic E-state index is 12.4. The molecular formula is C20H21N2O4S+. The van der Waals surface area contributed by atoms with E-state index in [4.69, 9.17) is 4.42 Å². The number of benzene rings is 2. The van der Waals surface area contributed by atoms with E-state index in [0.717, 1.165) is 17.6 Å². The number of hydrogen-bond donors (Lipinski definition) is 2. The molecule has 0 spiro atoms. The number of amides is 1. The van der Waals surface area contributed by atoms with Gasteiger partial charge in [-0.25, -0.2) is 8.42 Å². The van der Waals surface area contributed by atoms with Crippen LogP contribution in [0.2, 0.25) is 0 Å². The first-order valence-corrected chi connectivity index (χ1v) is 10.3. The summed E-state index contributed by atoms with van der Waals surface area (Å²) in [7, 11) is -3.32. The van der Waals surface area contributed by atoms with Crippen LogP contribution in [0.25, 0.3) is 0 Å². The van der Waals surface area contributed by atoms with Crippen molar-refractivity contribution in [1.82, 2.24) is 0 Å². The second-order valence-corrected chi connectivity index (χ2v) is 8.21. The number of sulfone groups is 1. The van der Waals surface area contributed by atoms with Crippen LogP contribution >= 0.6 is 0 Å². The minimum atomic E-state index is -3.32. The van der Waals surface area contributed by atoms with Crippen LogP contribution in [-0.4, -0.2) is 27.1 Å². The normalized spacial score (nSPS) is 12.5. The first-order chi connectivity index (χ1) is 12.9. The van der Waals surface area contributed by atoms with Gasteiger partial charge in [0.05, 0.1) is 11.2 Å². The topological polar surface area (TPSA) is 93.0 Å². The lowest BCUT2D eigenvalue weighted by Gasteiger charge is -2.14. The van der Waals surface area contributed by atoms with Gasteiger partial charge in [0.1, 0.15) is 0 Å². The highest BCUT2D eigenvalue weighted by Crippen LogP contribution is 2.18. The van der Waals surface area contributed by atoms with Gasteiger partial charge >= 0.3 is 0 Å². The molecule has 3 rings (SSSR count). The summed E-state index contributed by atoms with van der Waals surface area (Å²) in [6.45, 7) is 0.156. The molecule has 0 saturated carbocycles. The van der Waals surface area contributed by atoms with Gasteiger partial charge in [-0.1, -0.05) is 36.4 Å². The number of carbonyl (C=O) groups excluding carboxylic acids is 1. The zero-order chi connectivity index (χ0) is 19.3. The van der Waals surface area contributed by atoms with Crippen LogP contribution in [0.4, 0.5) is 5.69 Å². The number of rotatable bonds is 7. The molecular weight excluding hydrogens is 364 g/mol. The highest BCUT2D eigenvalue weighted by atomic mass is 32.2. The molecule has 140 valence electrons. The fourth-order valence-electron chi connectivity index (χ4n) is 2.79. The van der Waals surface area contributed by atoms with Gasteiger partial charge in [0.25, 0.3) is 5.91 Å². The van der Waals surface area contributed by atoms with Crippen LogP contribution in [-0.2, 0) is 14.6 Å². The Balaban J connectivity index is 1.68. The van der Waals surface area contributed by atoms with Crippen LogP contribution in [0, 0.1) is 0 Å². The van der Waals surface area contributed by atoms with E-state index in [-0.39, 0.29) is 23.4 Å². The Kier molecular flexibility index (Phi) is 5.73. The van der Waals surface area contributed by atoms with E-state index < -0.39 is 9.84 Å². The minimum Gasteiger partial charge on any atom is -0.463 e. The summed E-state index contributed by atoms with van der Waals surface area (Å²) in [6.07, 6.45) is 2.74. The molecule has 0 radical (unpaired) electrons. The van der Waals surface area contributed by atoms with Crippen LogP contribution < -0.4 is 10.6 Å². The Labute approximate surface area is 158 Å². The second kappa shape index (κ2) is 8.20. The van der Waals surface area contributed by atoms with Crippen molar-refractivity contribution in [1.29, 1.82) is 0 Å². The van der Waals surface area contributed by atoms with Crippen LogP contribution in [0.1, 0.15) is 17.4 Å². The van der Waals surface area contributed by atoms with Crippen molar-refractivity contribution >= 4 is 21.4 Å². The Hall–Kier alpha value is -2.90. The van der Waals surface area contributed by atoms with Gasteiger partial charge in [-0.15, -0.1) is 0 Å². The summed E-state index contributed by atoms with van der Waals surface area (Å²) in [4.78, 5) is 12.5. The molecule has 0 bridgehead atoms. The average Bonchev–Trinajstić information content (AvgIpc) is 3.17. The van der Waals surface area contributed by atoms with Gasteiger partial charge < -0.3 is 15.1 Å². The quantitative estimate of drug-likeness (QED) is 0.650. The fourth-order valence-corrected chi connectivity index (χ4v) is 3.45. The lowest BCUT2D eigenvalue weighted by Crippen LogP contribution is -2.87.